The quantitative estimate of drug-likeness (QED) is 0.799. The zero-order valence-corrected chi connectivity index (χ0v) is 14.9. The summed E-state index contributed by atoms with van der Waals surface area (Å²) in [4.78, 5) is 4.61. The highest BCUT2D eigenvalue weighted by molar-refractivity contribution is 5.61. The molecule has 1 aliphatic rings. The van der Waals surface area contributed by atoms with Crippen LogP contribution in [0.25, 0.3) is 11.4 Å². The minimum atomic E-state index is 0.193. The van der Waals surface area contributed by atoms with E-state index in [2.05, 4.69) is 48.4 Å². The van der Waals surface area contributed by atoms with Crippen molar-refractivity contribution in [1.29, 1.82) is 0 Å². The molecule has 130 valence electrons. The third-order valence-corrected chi connectivity index (χ3v) is 4.51. The van der Waals surface area contributed by atoms with Crippen LogP contribution in [0.4, 0.5) is 0 Å². The molecule has 5 nitrogen and oxygen atoms in total. The lowest BCUT2D eigenvalue weighted by Crippen LogP contribution is -2.26. The normalized spacial score (nSPS) is 17.9. The van der Waals surface area contributed by atoms with Crippen molar-refractivity contribution in [1.82, 2.24) is 15.5 Å². The Morgan fingerprint density at radius 2 is 2.04 bits per heavy atom. The molecule has 0 amide bonds. The van der Waals surface area contributed by atoms with Crippen molar-refractivity contribution in [3.8, 4) is 17.1 Å². The summed E-state index contributed by atoms with van der Waals surface area (Å²) in [5.41, 5.74) is 3.21. The Hall–Kier alpha value is -1.88. The highest BCUT2D eigenvalue weighted by Gasteiger charge is 2.21. The van der Waals surface area contributed by atoms with E-state index in [-0.39, 0.29) is 6.04 Å². The molecular formula is C19H27N3O2. The molecule has 0 saturated carbocycles. The Bertz CT molecular complexity index is 652. The molecule has 1 saturated heterocycles. The van der Waals surface area contributed by atoms with Crippen LogP contribution in [0, 0.1) is 13.8 Å². The summed E-state index contributed by atoms with van der Waals surface area (Å²) >= 11 is 0. The van der Waals surface area contributed by atoms with Crippen LogP contribution in [0.1, 0.15) is 62.1 Å². The van der Waals surface area contributed by atoms with Gasteiger partial charge in [0.1, 0.15) is 5.75 Å². The average molecular weight is 329 g/mol. The molecular weight excluding hydrogens is 302 g/mol. The topological polar surface area (TPSA) is 60.2 Å². The highest BCUT2D eigenvalue weighted by atomic mass is 16.5. The van der Waals surface area contributed by atoms with E-state index in [0.29, 0.717) is 11.7 Å². The number of benzene rings is 1. The monoisotopic (exact) mass is 329 g/mol. The highest BCUT2D eigenvalue weighted by Crippen LogP contribution is 2.30. The first-order chi connectivity index (χ1) is 11.7. The molecule has 1 atom stereocenters. The van der Waals surface area contributed by atoms with Gasteiger partial charge in [0.05, 0.1) is 12.6 Å². The van der Waals surface area contributed by atoms with Crippen LogP contribution >= 0.6 is 0 Å². The average Bonchev–Trinajstić information content (AvgIpc) is 3.08. The van der Waals surface area contributed by atoms with E-state index < -0.39 is 0 Å². The van der Waals surface area contributed by atoms with Gasteiger partial charge in [0.25, 0.3) is 0 Å². The number of aryl methyl sites for hydroxylation is 2. The molecule has 3 rings (SSSR count). The van der Waals surface area contributed by atoms with Gasteiger partial charge < -0.3 is 14.6 Å². The lowest BCUT2D eigenvalue weighted by Gasteiger charge is -2.19. The second-order valence-electron chi connectivity index (χ2n) is 6.60. The van der Waals surface area contributed by atoms with Crippen LogP contribution in [0.2, 0.25) is 0 Å². The molecule has 5 heteroatoms. The number of aromatic nitrogens is 2. The maximum atomic E-state index is 5.92. The molecule has 1 fully saturated rings. The van der Waals surface area contributed by atoms with Gasteiger partial charge in [-0.1, -0.05) is 24.9 Å². The van der Waals surface area contributed by atoms with Gasteiger partial charge in [-0.25, -0.2) is 0 Å². The molecule has 24 heavy (non-hydrogen) atoms. The summed E-state index contributed by atoms with van der Waals surface area (Å²) in [7, 11) is 0. The number of piperidine rings is 1. The van der Waals surface area contributed by atoms with E-state index in [0.717, 1.165) is 54.9 Å². The van der Waals surface area contributed by atoms with E-state index in [1.54, 1.807) is 0 Å². The maximum absolute atomic E-state index is 5.92. The summed E-state index contributed by atoms with van der Waals surface area (Å²) < 4.78 is 11.4. The Morgan fingerprint density at radius 3 is 2.71 bits per heavy atom. The molecule has 1 aliphatic heterocycles. The number of rotatable bonds is 6. The Morgan fingerprint density at radius 1 is 1.25 bits per heavy atom. The molecule has 2 heterocycles. The van der Waals surface area contributed by atoms with Gasteiger partial charge in [-0.2, -0.15) is 4.98 Å². The number of unbranched alkanes of at least 4 members (excludes halogenated alkanes) is 1. The number of ether oxygens (including phenoxy) is 1. The fourth-order valence-corrected chi connectivity index (χ4v) is 3.18. The smallest absolute Gasteiger partial charge is 0.244 e. The third kappa shape index (κ3) is 3.78. The van der Waals surface area contributed by atoms with Crippen LogP contribution in [0.15, 0.2) is 16.7 Å². The fourth-order valence-electron chi connectivity index (χ4n) is 3.18. The summed E-state index contributed by atoms with van der Waals surface area (Å²) in [6, 6.07) is 4.35. The second kappa shape index (κ2) is 7.79. The maximum Gasteiger partial charge on any atom is 0.244 e. The minimum Gasteiger partial charge on any atom is -0.493 e. The van der Waals surface area contributed by atoms with Gasteiger partial charge in [-0.15, -0.1) is 0 Å². The van der Waals surface area contributed by atoms with Crippen LogP contribution in [0.5, 0.6) is 5.75 Å². The van der Waals surface area contributed by atoms with E-state index in [9.17, 15) is 0 Å². The predicted molar refractivity (Wildman–Crippen MR) is 94.2 cm³/mol. The predicted octanol–water partition coefficient (Wildman–Crippen LogP) is 4.35. The molecule has 0 bridgehead atoms. The molecule has 1 N–H and O–H groups in total. The van der Waals surface area contributed by atoms with Crippen molar-refractivity contribution in [3.63, 3.8) is 0 Å². The van der Waals surface area contributed by atoms with Gasteiger partial charge in [-0.05, 0) is 62.9 Å². The lowest BCUT2D eigenvalue weighted by molar-refractivity contribution is 0.297. The van der Waals surface area contributed by atoms with Crippen LogP contribution < -0.4 is 10.1 Å². The Balaban J connectivity index is 1.78. The van der Waals surface area contributed by atoms with Crippen LogP contribution in [-0.4, -0.2) is 23.3 Å². The largest absolute Gasteiger partial charge is 0.493 e. The minimum absolute atomic E-state index is 0.193. The van der Waals surface area contributed by atoms with Crippen LogP contribution in [-0.2, 0) is 0 Å². The molecule has 1 aromatic carbocycles. The summed E-state index contributed by atoms with van der Waals surface area (Å²) in [5.74, 6) is 2.33. The van der Waals surface area contributed by atoms with Crippen molar-refractivity contribution in [3.05, 3.63) is 29.2 Å². The Labute approximate surface area is 143 Å². The van der Waals surface area contributed by atoms with Gasteiger partial charge in [0, 0.05) is 5.56 Å². The summed E-state index contributed by atoms with van der Waals surface area (Å²) in [5, 5.41) is 7.63. The van der Waals surface area contributed by atoms with Crippen LogP contribution in [0.3, 0.4) is 0 Å². The first kappa shape index (κ1) is 17.0. The van der Waals surface area contributed by atoms with Crippen molar-refractivity contribution < 1.29 is 9.26 Å². The SMILES string of the molecule is CCCCOc1c(C)cc(-c2noc([C@H]3CCCCN3)n2)cc1C. The molecule has 0 unspecified atom stereocenters. The summed E-state index contributed by atoms with van der Waals surface area (Å²) in [6.45, 7) is 8.09. The molecule has 0 spiro atoms. The van der Waals surface area contributed by atoms with Gasteiger partial charge >= 0.3 is 0 Å². The first-order valence-electron chi connectivity index (χ1n) is 9.00. The fraction of sp³-hybridized carbons (Fsp3) is 0.579. The van der Waals surface area contributed by atoms with Crippen molar-refractivity contribution in [2.45, 2.75) is 58.9 Å². The number of hydrogen-bond donors (Lipinski definition) is 1. The van der Waals surface area contributed by atoms with Crippen molar-refractivity contribution in [2.75, 3.05) is 13.2 Å². The zero-order chi connectivity index (χ0) is 16.9. The van der Waals surface area contributed by atoms with E-state index in [4.69, 9.17) is 9.26 Å². The molecule has 1 aromatic heterocycles. The zero-order valence-electron chi connectivity index (χ0n) is 14.9. The first-order valence-corrected chi connectivity index (χ1v) is 9.00. The standard InChI is InChI=1S/C19H27N3O2/c1-4-5-10-23-17-13(2)11-15(12-14(17)3)18-21-19(24-22-18)16-8-6-7-9-20-16/h11-12,16,20H,4-10H2,1-3H3/t16-/m1/s1. The lowest BCUT2D eigenvalue weighted by atomic mass is 10.0. The molecule has 0 aliphatic carbocycles. The van der Waals surface area contributed by atoms with Gasteiger partial charge in [-0.3, -0.25) is 0 Å². The van der Waals surface area contributed by atoms with E-state index in [1.165, 1.54) is 12.8 Å². The van der Waals surface area contributed by atoms with Gasteiger partial charge in [0.15, 0.2) is 0 Å². The molecule has 0 radical (unpaired) electrons. The van der Waals surface area contributed by atoms with Crippen molar-refractivity contribution >= 4 is 0 Å². The second-order valence-corrected chi connectivity index (χ2v) is 6.60. The van der Waals surface area contributed by atoms with Gasteiger partial charge in [0.2, 0.25) is 11.7 Å². The van der Waals surface area contributed by atoms with Crippen molar-refractivity contribution in [2.24, 2.45) is 0 Å². The van der Waals surface area contributed by atoms with E-state index in [1.807, 2.05) is 0 Å². The third-order valence-electron chi connectivity index (χ3n) is 4.51. The summed E-state index contributed by atoms with van der Waals surface area (Å²) in [6.07, 6.45) is 5.69. The number of nitrogens with zero attached hydrogens (tertiary/aromatic N) is 2. The molecule has 2 aromatic rings. The number of nitrogens with one attached hydrogen (secondary N) is 1. The van der Waals surface area contributed by atoms with E-state index >= 15 is 0 Å². The Kier molecular flexibility index (Phi) is 5.51. The number of hydrogen-bond acceptors (Lipinski definition) is 5.